The predicted molar refractivity (Wildman–Crippen MR) is 63.5 cm³/mol. The van der Waals surface area contributed by atoms with Gasteiger partial charge in [0.05, 0.1) is 0 Å². The number of hydrogen-bond acceptors (Lipinski definition) is 3. The van der Waals surface area contributed by atoms with Crippen LogP contribution in [0, 0.1) is 0 Å². The van der Waals surface area contributed by atoms with Crippen LogP contribution in [0.15, 0.2) is 6.07 Å². The number of aromatic amines is 1. The summed E-state index contributed by atoms with van der Waals surface area (Å²) in [6.45, 7) is 6.31. The topological polar surface area (TPSA) is 86.9 Å². The highest BCUT2D eigenvalue weighted by molar-refractivity contribution is 7.90. The molecule has 0 aliphatic rings. The molecule has 0 aliphatic heterocycles. The summed E-state index contributed by atoms with van der Waals surface area (Å²) in [5, 5.41) is 6.65. The van der Waals surface area contributed by atoms with Gasteiger partial charge in [-0.3, -0.25) is 9.82 Å². The van der Waals surface area contributed by atoms with E-state index in [1.54, 1.807) is 6.07 Å². The maximum Gasteiger partial charge on any atom is 0.300 e. The molecule has 92 valence electrons. The Bertz CT molecular complexity index is 424. The summed E-state index contributed by atoms with van der Waals surface area (Å²) in [7, 11) is -3.49. The molecule has 0 atom stereocenters. The van der Waals surface area contributed by atoms with Crippen LogP contribution in [0.2, 0.25) is 0 Å². The zero-order chi connectivity index (χ0) is 12.2. The number of anilines is 1. The van der Waals surface area contributed by atoms with Crippen molar-refractivity contribution in [2.75, 3.05) is 11.3 Å². The van der Waals surface area contributed by atoms with Gasteiger partial charge in [-0.15, -0.1) is 0 Å². The standard InChI is InChI=1S/C9H18N4O2S/c1-4-5-10-16(14,15)13-9-6-8(7(2)3)11-12-9/h6-7,10H,4-5H2,1-3H3,(H2,11,12,13). The summed E-state index contributed by atoms with van der Waals surface area (Å²) >= 11 is 0. The largest absolute Gasteiger partial charge is 0.300 e. The molecule has 3 N–H and O–H groups in total. The third-order valence-electron chi connectivity index (χ3n) is 2.00. The fourth-order valence-electron chi connectivity index (χ4n) is 1.09. The van der Waals surface area contributed by atoms with Crippen molar-refractivity contribution in [1.29, 1.82) is 0 Å². The molecule has 0 radical (unpaired) electrons. The summed E-state index contributed by atoms with van der Waals surface area (Å²) in [5.74, 6) is 0.599. The average Bonchev–Trinajstić information content (AvgIpc) is 2.62. The summed E-state index contributed by atoms with van der Waals surface area (Å²) in [5.41, 5.74) is 0.896. The van der Waals surface area contributed by atoms with E-state index in [1.807, 2.05) is 20.8 Å². The van der Waals surface area contributed by atoms with Gasteiger partial charge in [-0.05, 0) is 12.3 Å². The highest BCUT2D eigenvalue weighted by atomic mass is 32.2. The van der Waals surface area contributed by atoms with Crippen molar-refractivity contribution >= 4 is 16.0 Å². The van der Waals surface area contributed by atoms with Crippen molar-refractivity contribution in [3.05, 3.63) is 11.8 Å². The fourth-order valence-corrected chi connectivity index (χ4v) is 2.02. The lowest BCUT2D eigenvalue weighted by molar-refractivity contribution is 0.586. The second-order valence-corrected chi connectivity index (χ2v) is 5.36. The monoisotopic (exact) mass is 246 g/mol. The van der Waals surface area contributed by atoms with Gasteiger partial charge in [-0.1, -0.05) is 20.8 Å². The van der Waals surface area contributed by atoms with E-state index in [2.05, 4.69) is 19.6 Å². The van der Waals surface area contributed by atoms with Crippen LogP contribution >= 0.6 is 0 Å². The third kappa shape index (κ3) is 3.82. The van der Waals surface area contributed by atoms with Crippen molar-refractivity contribution in [3.8, 4) is 0 Å². The Labute approximate surface area is 96.0 Å². The van der Waals surface area contributed by atoms with Crippen LogP contribution in [0.25, 0.3) is 0 Å². The fraction of sp³-hybridized carbons (Fsp3) is 0.667. The first-order valence-corrected chi connectivity index (χ1v) is 6.75. The minimum atomic E-state index is -3.49. The molecule has 0 aromatic carbocycles. The van der Waals surface area contributed by atoms with Crippen LogP contribution in [-0.2, 0) is 10.2 Å². The van der Waals surface area contributed by atoms with Gasteiger partial charge in [0.15, 0.2) is 5.82 Å². The lowest BCUT2D eigenvalue weighted by Crippen LogP contribution is -2.30. The molecule has 0 bridgehead atoms. The van der Waals surface area contributed by atoms with E-state index >= 15 is 0 Å². The number of H-pyrrole nitrogens is 1. The van der Waals surface area contributed by atoms with E-state index < -0.39 is 10.2 Å². The van der Waals surface area contributed by atoms with Gasteiger partial charge in [0.1, 0.15) is 0 Å². The van der Waals surface area contributed by atoms with E-state index in [1.165, 1.54) is 0 Å². The minimum absolute atomic E-state index is 0.286. The smallest absolute Gasteiger partial charge is 0.280 e. The van der Waals surface area contributed by atoms with Crippen molar-refractivity contribution in [3.63, 3.8) is 0 Å². The van der Waals surface area contributed by atoms with E-state index in [4.69, 9.17) is 0 Å². The van der Waals surface area contributed by atoms with Crippen molar-refractivity contribution in [2.45, 2.75) is 33.1 Å². The zero-order valence-electron chi connectivity index (χ0n) is 9.74. The molecule has 1 aromatic heterocycles. The predicted octanol–water partition coefficient (Wildman–Crippen LogP) is 1.19. The van der Waals surface area contributed by atoms with Gasteiger partial charge in [-0.25, -0.2) is 0 Å². The summed E-state index contributed by atoms with van der Waals surface area (Å²) in [6.07, 6.45) is 0.749. The SMILES string of the molecule is CCCNS(=O)(=O)Nc1cc(C(C)C)[nH]n1. The molecule has 0 aliphatic carbocycles. The van der Waals surface area contributed by atoms with Crippen LogP contribution in [-0.4, -0.2) is 25.2 Å². The Balaban J connectivity index is 2.65. The summed E-state index contributed by atoms with van der Waals surface area (Å²) in [4.78, 5) is 0. The molecular formula is C9H18N4O2S. The van der Waals surface area contributed by atoms with Crippen LogP contribution in [0.5, 0.6) is 0 Å². The Morgan fingerprint density at radius 2 is 2.19 bits per heavy atom. The van der Waals surface area contributed by atoms with Gasteiger partial charge in [0.2, 0.25) is 0 Å². The van der Waals surface area contributed by atoms with Crippen molar-refractivity contribution < 1.29 is 8.42 Å². The number of rotatable bonds is 6. The molecule has 0 amide bonds. The molecule has 1 heterocycles. The Hall–Kier alpha value is -1.08. The molecule has 1 rings (SSSR count). The highest BCUT2D eigenvalue weighted by Gasteiger charge is 2.11. The van der Waals surface area contributed by atoms with Crippen LogP contribution < -0.4 is 9.44 Å². The van der Waals surface area contributed by atoms with Crippen LogP contribution in [0.3, 0.4) is 0 Å². The van der Waals surface area contributed by atoms with Gasteiger partial charge < -0.3 is 0 Å². The lowest BCUT2D eigenvalue weighted by atomic mass is 10.1. The minimum Gasteiger partial charge on any atom is -0.280 e. The number of hydrogen-bond donors (Lipinski definition) is 3. The van der Waals surface area contributed by atoms with Crippen molar-refractivity contribution in [2.24, 2.45) is 0 Å². The molecule has 0 saturated carbocycles. The lowest BCUT2D eigenvalue weighted by Gasteiger charge is -2.05. The molecule has 0 fully saturated rings. The Morgan fingerprint density at radius 3 is 2.69 bits per heavy atom. The number of nitrogens with zero attached hydrogens (tertiary/aromatic N) is 1. The second-order valence-electron chi connectivity index (χ2n) is 3.86. The molecule has 0 saturated heterocycles. The van der Waals surface area contributed by atoms with Crippen LogP contribution in [0.4, 0.5) is 5.82 Å². The van der Waals surface area contributed by atoms with Gasteiger partial charge in [0, 0.05) is 18.3 Å². The average molecular weight is 246 g/mol. The quantitative estimate of drug-likeness (QED) is 0.704. The second kappa shape index (κ2) is 5.31. The number of nitrogens with one attached hydrogen (secondary N) is 3. The maximum absolute atomic E-state index is 11.5. The summed E-state index contributed by atoms with van der Waals surface area (Å²) < 4.78 is 27.7. The van der Waals surface area contributed by atoms with E-state index in [0.717, 1.165) is 12.1 Å². The molecule has 16 heavy (non-hydrogen) atoms. The van der Waals surface area contributed by atoms with E-state index in [9.17, 15) is 8.42 Å². The Kier molecular flexibility index (Phi) is 4.31. The van der Waals surface area contributed by atoms with Gasteiger partial charge in [0.25, 0.3) is 10.2 Å². The number of aromatic nitrogens is 2. The van der Waals surface area contributed by atoms with E-state index in [-0.39, 0.29) is 5.92 Å². The first-order chi connectivity index (χ1) is 7.44. The molecular weight excluding hydrogens is 228 g/mol. The van der Waals surface area contributed by atoms with Crippen LogP contribution in [0.1, 0.15) is 38.8 Å². The Morgan fingerprint density at radius 1 is 1.50 bits per heavy atom. The molecule has 0 unspecified atom stereocenters. The van der Waals surface area contributed by atoms with Gasteiger partial charge >= 0.3 is 0 Å². The molecule has 0 spiro atoms. The summed E-state index contributed by atoms with van der Waals surface area (Å²) in [6, 6.07) is 1.69. The zero-order valence-corrected chi connectivity index (χ0v) is 10.6. The van der Waals surface area contributed by atoms with E-state index in [0.29, 0.717) is 12.4 Å². The molecule has 1 aromatic rings. The molecule has 7 heteroatoms. The first-order valence-electron chi connectivity index (χ1n) is 5.27. The highest BCUT2D eigenvalue weighted by Crippen LogP contribution is 2.15. The normalized spacial score (nSPS) is 12.0. The third-order valence-corrected chi connectivity index (χ3v) is 3.06. The van der Waals surface area contributed by atoms with Crippen molar-refractivity contribution in [1.82, 2.24) is 14.9 Å². The first kappa shape index (κ1) is 13.0. The molecule has 6 nitrogen and oxygen atoms in total. The maximum atomic E-state index is 11.5. The van der Waals surface area contributed by atoms with Gasteiger partial charge in [-0.2, -0.15) is 18.2 Å².